The molecule has 0 bridgehead atoms. The zero-order valence-corrected chi connectivity index (χ0v) is 15.6. The van der Waals surface area contributed by atoms with Crippen LogP contribution in [0.4, 0.5) is 5.69 Å². The molecule has 0 radical (unpaired) electrons. The van der Waals surface area contributed by atoms with Crippen molar-refractivity contribution in [2.75, 3.05) is 23.8 Å². The lowest BCUT2D eigenvalue weighted by molar-refractivity contribution is -0.140. The number of rotatable bonds is 8. The Balaban J connectivity index is 2.79. The topological polar surface area (TPSA) is 80.8 Å². The molecule has 0 atom stereocenters. The lowest BCUT2D eigenvalue weighted by atomic mass is 10.1. The molecule has 0 fully saturated rings. The molecule has 0 saturated heterocycles. The number of amides is 1. The van der Waals surface area contributed by atoms with Crippen LogP contribution >= 0.6 is 10.7 Å². The lowest BCUT2D eigenvalue weighted by Crippen LogP contribution is -2.30. The predicted molar refractivity (Wildman–Crippen MR) is 93.8 cm³/mol. The van der Waals surface area contributed by atoms with E-state index in [1.807, 2.05) is 13.0 Å². The van der Waals surface area contributed by atoms with E-state index in [4.69, 9.17) is 15.4 Å². The molecule has 134 valence electrons. The van der Waals surface area contributed by atoms with E-state index in [0.717, 1.165) is 16.8 Å². The molecule has 1 rings (SSSR count). The van der Waals surface area contributed by atoms with Gasteiger partial charge in [-0.1, -0.05) is 6.07 Å². The van der Waals surface area contributed by atoms with Gasteiger partial charge in [0.1, 0.15) is 0 Å². The average molecular weight is 376 g/mol. The van der Waals surface area contributed by atoms with Crippen LogP contribution in [0.1, 0.15) is 31.4 Å². The Morgan fingerprint density at radius 3 is 2.42 bits per heavy atom. The fourth-order valence-corrected chi connectivity index (χ4v) is 2.96. The monoisotopic (exact) mass is 375 g/mol. The minimum absolute atomic E-state index is 0.117. The molecular formula is C16H22ClNO5S. The number of anilines is 1. The van der Waals surface area contributed by atoms with E-state index in [1.54, 1.807) is 17.0 Å². The number of halogens is 1. The third kappa shape index (κ3) is 7.31. The SMILES string of the molecule is CC(=O)OCCCN(C(C)=O)c1ccc(CCS(=O)(=O)Cl)c(C)c1. The van der Waals surface area contributed by atoms with E-state index in [9.17, 15) is 18.0 Å². The summed E-state index contributed by atoms with van der Waals surface area (Å²) in [6.45, 7) is 5.35. The van der Waals surface area contributed by atoms with Gasteiger partial charge in [0.15, 0.2) is 0 Å². The summed E-state index contributed by atoms with van der Waals surface area (Å²) in [5.41, 5.74) is 2.48. The third-order valence-corrected chi connectivity index (χ3v) is 4.62. The Morgan fingerprint density at radius 1 is 1.25 bits per heavy atom. The van der Waals surface area contributed by atoms with Crippen molar-refractivity contribution in [1.29, 1.82) is 0 Å². The molecule has 1 aromatic rings. The maximum Gasteiger partial charge on any atom is 0.302 e. The highest BCUT2D eigenvalue weighted by molar-refractivity contribution is 8.13. The zero-order valence-electron chi connectivity index (χ0n) is 14.0. The maximum atomic E-state index is 11.8. The van der Waals surface area contributed by atoms with Crippen LogP contribution in [0, 0.1) is 6.92 Å². The van der Waals surface area contributed by atoms with Crippen LogP contribution in [0.2, 0.25) is 0 Å². The van der Waals surface area contributed by atoms with Crippen LogP contribution in [0.5, 0.6) is 0 Å². The van der Waals surface area contributed by atoms with Gasteiger partial charge in [-0.15, -0.1) is 0 Å². The molecule has 0 saturated carbocycles. The van der Waals surface area contributed by atoms with Gasteiger partial charge in [-0.2, -0.15) is 0 Å². The van der Waals surface area contributed by atoms with Gasteiger partial charge in [-0.3, -0.25) is 9.59 Å². The molecule has 0 aliphatic heterocycles. The van der Waals surface area contributed by atoms with Gasteiger partial charge in [0.05, 0.1) is 12.4 Å². The minimum atomic E-state index is -3.53. The van der Waals surface area contributed by atoms with Gasteiger partial charge in [0, 0.05) is 36.8 Å². The normalized spacial score (nSPS) is 11.2. The second-order valence-electron chi connectivity index (χ2n) is 5.47. The first-order chi connectivity index (χ1) is 11.1. The van der Waals surface area contributed by atoms with E-state index < -0.39 is 9.05 Å². The van der Waals surface area contributed by atoms with E-state index >= 15 is 0 Å². The van der Waals surface area contributed by atoms with Gasteiger partial charge < -0.3 is 9.64 Å². The van der Waals surface area contributed by atoms with Crippen LogP contribution in [0.3, 0.4) is 0 Å². The quantitative estimate of drug-likeness (QED) is 0.396. The molecule has 0 unspecified atom stereocenters. The van der Waals surface area contributed by atoms with Gasteiger partial charge in [0.25, 0.3) is 0 Å². The Bertz CT molecular complexity index is 702. The van der Waals surface area contributed by atoms with Gasteiger partial charge in [-0.25, -0.2) is 8.42 Å². The summed E-state index contributed by atoms with van der Waals surface area (Å²) in [7, 11) is 1.70. The van der Waals surface area contributed by atoms with Crippen molar-refractivity contribution in [2.24, 2.45) is 0 Å². The molecule has 0 N–H and O–H groups in total. The Labute approximate surface area is 147 Å². The van der Waals surface area contributed by atoms with Crippen LogP contribution < -0.4 is 4.90 Å². The molecule has 0 spiro atoms. The number of hydrogen-bond donors (Lipinski definition) is 0. The lowest BCUT2D eigenvalue weighted by Gasteiger charge is -2.22. The summed E-state index contributed by atoms with van der Waals surface area (Å²) in [5.74, 6) is -0.597. The molecule has 0 aliphatic carbocycles. The highest BCUT2D eigenvalue weighted by Gasteiger charge is 2.14. The number of nitrogens with zero attached hydrogens (tertiary/aromatic N) is 1. The van der Waals surface area contributed by atoms with Gasteiger partial charge in [0.2, 0.25) is 15.0 Å². The number of esters is 1. The molecular weight excluding hydrogens is 354 g/mol. The first-order valence-corrected chi connectivity index (χ1v) is 10.0. The molecule has 24 heavy (non-hydrogen) atoms. The second-order valence-corrected chi connectivity index (χ2v) is 8.36. The Kier molecular flexibility index (Phi) is 7.69. The number of benzene rings is 1. The molecule has 0 aromatic heterocycles. The van der Waals surface area contributed by atoms with E-state index in [2.05, 4.69) is 0 Å². The van der Waals surface area contributed by atoms with Crippen LogP contribution in [-0.2, 0) is 29.8 Å². The number of ether oxygens (including phenoxy) is 1. The Hall–Kier alpha value is -1.60. The van der Waals surface area contributed by atoms with Crippen molar-refractivity contribution < 1.29 is 22.7 Å². The second kappa shape index (κ2) is 9.03. The molecule has 6 nitrogen and oxygen atoms in total. The maximum absolute atomic E-state index is 11.8. The summed E-state index contributed by atoms with van der Waals surface area (Å²) in [5, 5.41) is 0. The van der Waals surface area contributed by atoms with E-state index in [0.29, 0.717) is 19.4 Å². The summed E-state index contributed by atoms with van der Waals surface area (Å²) in [6.07, 6.45) is 0.856. The standard InChI is InChI=1S/C16H22ClNO5S/c1-12-11-16(6-5-15(12)7-10-24(17,21)22)18(13(2)19)8-4-9-23-14(3)20/h5-6,11H,4,7-10H2,1-3H3. The fourth-order valence-electron chi connectivity index (χ4n) is 2.27. The Morgan fingerprint density at radius 2 is 1.92 bits per heavy atom. The van der Waals surface area contributed by atoms with E-state index in [1.165, 1.54) is 13.8 Å². The van der Waals surface area contributed by atoms with Gasteiger partial charge >= 0.3 is 5.97 Å². The number of aryl methyl sites for hydroxylation is 2. The summed E-state index contributed by atoms with van der Waals surface area (Å²) in [6, 6.07) is 5.41. The summed E-state index contributed by atoms with van der Waals surface area (Å²) >= 11 is 0. The van der Waals surface area contributed by atoms with Crippen LogP contribution in [-0.4, -0.2) is 39.2 Å². The molecule has 1 aromatic carbocycles. The molecule has 1 amide bonds. The summed E-state index contributed by atoms with van der Waals surface area (Å²) in [4.78, 5) is 24.2. The van der Waals surface area contributed by atoms with Crippen molar-refractivity contribution in [1.82, 2.24) is 0 Å². The summed E-state index contributed by atoms with van der Waals surface area (Å²) < 4.78 is 27.0. The van der Waals surface area contributed by atoms with Crippen LogP contribution in [0.25, 0.3) is 0 Å². The highest BCUT2D eigenvalue weighted by Crippen LogP contribution is 2.21. The molecule has 0 heterocycles. The van der Waals surface area contributed by atoms with Crippen molar-refractivity contribution in [3.8, 4) is 0 Å². The third-order valence-electron chi connectivity index (χ3n) is 3.46. The van der Waals surface area contributed by atoms with Crippen molar-refractivity contribution in [3.63, 3.8) is 0 Å². The fraction of sp³-hybridized carbons (Fsp3) is 0.500. The van der Waals surface area contributed by atoms with Crippen molar-refractivity contribution in [3.05, 3.63) is 29.3 Å². The predicted octanol–water partition coefficient (Wildman–Crippen LogP) is 2.41. The first-order valence-electron chi connectivity index (χ1n) is 7.53. The van der Waals surface area contributed by atoms with Gasteiger partial charge in [-0.05, 0) is 43.0 Å². The van der Waals surface area contributed by atoms with Crippen molar-refractivity contribution >= 4 is 37.3 Å². The van der Waals surface area contributed by atoms with Crippen LogP contribution in [0.15, 0.2) is 18.2 Å². The number of hydrogen-bond acceptors (Lipinski definition) is 5. The molecule has 8 heteroatoms. The smallest absolute Gasteiger partial charge is 0.302 e. The van der Waals surface area contributed by atoms with Crippen molar-refractivity contribution in [2.45, 2.75) is 33.6 Å². The van der Waals surface area contributed by atoms with E-state index in [-0.39, 0.29) is 24.2 Å². The zero-order chi connectivity index (χ0) is 18.3. The average Bonchev–Trinajstić information content (AvgIpc) is 2.44. The number of carbonyl (C=O) groups excluding carboxylic acids is 2. The number of carbonyl (C=O) groups is 2. The highest BCUT2D eigenvalue weighted by atomic mass is 35.7. The first kappa shape index (κ1) is 20.4. The molecule has 0 aliphatic rings. The minimum Gasteiger partial charge on any atom is -0.466 e. The largest absolute Gasteiger partial charge is 0.466 e.